The Hall–Kier alpha value is -2.57. The normalized spacial score (nSPS) is 11.7. The smallest absolute Gasteiger partial charge is 0.274 e. The lowest BCUT2D eigenvalue weighted by molar-refractivity contribution is 0.0706. The summed E-state index contributed by atoms with van der Waals surface area (Å²) in [5.74, 6) is -13.0. The number of hydrogen-bond donors (Lipinski definition) is 2. The van der Waals surface area contributed by atoms with E-state index in [1.54, 1.807) is 0 Å². The Labute approximate surface area is 149 Å². The van der Waals surface area contributed by atoms with Crippen LogP contribution in [0, 0.1) is 29.1 Å². The number of carbonyl (C=O) groups is 1. The molecule has 0 radical (unpaired) electrons. The molecular formula is C15H11F5N2O4S. The third-order valence-electron chi connectivity index (χ3n) is 3.56. The molecule has 2 aromatic carbocycles. The second-order valence-electron chi connectivity index (χ2n) is 5.30. The SMILES string of the molecule is CN(Cc1ccc(C(=O)NO)cc1)S(=O)(=O)c1c(F)c(F)c(F)c(F)c1F. The molecule has 27 heavy (non-hydrogen) atoms. The molecule has 0 spiro atoms. The van der Waals surface area contributed by atoms with E-state index in [0.29, 0.717) is 4.31 Å². The quantitative estimate of drug-likeness (QED) is 0.261. The van der Waals surface area contributed by atoms with Crippen molar-refractivity contribution in [2.45, 2.75) is 11.4 Å². The molecule has 0 saturated heterocycles. The van der Waals surface area contributed by atoms with Crippen LogP contribution in [0.25, 0.3) is 0 Å². The zero-order valence-corrected chi connectivity index (χ0v) is 14.3. The first-order valence-electron chi connectivity index (χ1n) is 7.03. The molecule has 12 heteroatoms. The summed E-state index contributed by atoms with van der Waals surface area (Å²) in [4.78, 5) is 9.24. The van der Waals surface area contributed by atoms with Gasteiger partial charge in [-0.3, -0.25) is 10.0 Å². The average molecular weight is 410 g/mol. The van der Waals surface area contributed by atoms with Gasteiger partial charge in [0.2, 0.25) is 15.8 Å². The number of rotatable bonds is 5. The standard InChI is InChI=1S/C15H11F5N2O4S/c1-22(6-7-2-4-8(5-3-7)15(23)21-24)27(25,26)14-12(19)10(17)9(16)11(18)13(14)20/h2-5,24H,6H2,1H3,(H,21,23). The summed E-state index contributed by atoms with van der Waals surface area (Å²) in [6.07, 6.45) is 0. The van der Waals surface area contributed by atoms with Gasteiger partial charge in [-0.1, -0.05) is 12.1 Å². The van der Waals surface area contributed by atoms with Crippen LogP contribution in [0.5, 0.6) is 0 Å². The minimum Gasteiger partial charge on any atom is -0.288 e. The minimum absolute atomic E-state index is 0.0338. The molecule has 0 heterocycles. The van der Waals surface area contributed by atoms with Crippen LogP contribution in [0.4, 0.5) is 22.0 Å². The molecule has 0 atom stereocenters. The number of nitrogens with one attached hydrogen (secondary N) is 1. The molecule has 146 valence electrons. The Morgan fingerprint density at radius 2 is 1.41 bits per heavy atom. The molecule has 0 aliphatic rings. The first-order chi connectivity index (χ1) is 12.5. The summed E-state index contributed by atoms with van der Waals surface area (Å²) in [6, 6.07) is 4.99. The van der Waals surface area contributed by atoms with Crippen molar-refractivity contribution in [3.05, 3.63) is 64.5 Å². The van der Waals surface area contributed by atoms with E-state index in [4.69, 9.17) is 5.21 Å². The first kappa shape index (κ1) is 20.7. The van der Waals surface area contributed by atoms with E-state index < -0.39 is 56.5 Å². The van der Waals surface area contributed by atoms with E-state index in [1.807, 2.05) is 0 Å². The number of sulfonamides is 1. The maximum atomic E-state index is 13.8. The van der Waals surface area contributed by atoms with Gasteiger partial charge in [0.15, 0.2) is 28.2 Å². The fourth-order valence-electron chi connectivity index (χ4n) is 2.14. The molecule has 0 aliphatic carbocycles. The van der Waals surface area contributed by atoms with Gasteiger partial charge < -0.3 is 0 Å². The molecule has 6 nitrogen and oxygen atoms in total. The predicted octanol–water partition coefficient (Wildman–Crippen LogP) is 2.32. The van der Waals surface area contributed by atoms with Crippen molar-refractivity contribution >= 4 is 15.9 Å². The number of halogens is 5. The van der Waals surface area contributed by atoms with Gasteiger partial charge in [0.05, 0.1) is 0 Å². The molecule has 0 aliphatic heterocycles. The van der Waals surface area contributed by atoms with Gasteiger partial charge in [-0.2, -0.15) is 4.31 Å². The van der Waals surface area contributed by atoms with E-state index in [9.17, 15) is 35.2 Å². The van der Waals surface area contributed by atoms with Crippen LogP contribution in [0.1, 0.15) is 15.9 Å². The van der Waals surface area contributed by atoms with Gasteiger partial charge in [0.25, 0.3) is 5.91 Å². The molecule has 0 bridgehead atoms. The first-order valence-corrected chi connectivity index (χ1v) is 8.47. The topological polar surface area (TPSA) is 86.7 Å². The van der Waals surface area contributed by atoms with Crippen LogP contribution < -0.4 is 5.48 Å². The molecule has 0 unspecified atom stereocenters. The highest BCUT2D eigenvalue weighted by Crippen LogP contribution is 2.29. The summed E-state index contributed by atoms with van der Waals surface area (Å²) in [5.41, 5.74) is 1.65. The van der Waals surface area contributed by atoms with E-state index in [0.717, 1.165) is 7.05 Å². The van der Waals surface area contributed by atoms with Gasteiger partial charge in [0.1, 0.15) is 0 Å². The predicted molar refractivity (Wildman–Crippen MR) is 80.6 cm³/mol. The van der Waals surface area contributed by atoms with Gasteiger partial charge in [-0.15, -0.1) is 0 Å². The number of hydroxylamine groups is 1. The Balaban J connectivity index is 2.39. The summed E-state index contributed by atoms with van der Waals surface area (Å²) >= 11 is 0. The largest absolute Gasteiger partial charge is 0.288 e. The van der Waals surface area contributed by atoms with Crippen LogP contribution in [-0.4, -0.2) is 30.9 Å². The Kier molecular flexibility index (Phi) is 5.82. The lowest BCUT2D eigenvalue weighted by atomic mass is 10.1. The van der Waals surface area contributed by atoms with Crippen LogP contribution >= 0.6 is 0 Å². The molecular weight excluding hydrogens is 399 g/mol. The fraction of sp³-hybridized carbons (Fsp3) is 0.133. The van der Waals surface area contributed by atoms with Crippen LogP contribution in [-0.2, 0) is 16.6 Å². The Bertz CT molecular complexity index is 967. The number of carbonyl (C=O) groups excluding carboxylic acids is 1. The molecule has 1 amide bonds. The summed E-state index contributed by atoms with van der Waals surface area (Å²) in [6.45, 7) is -0.497. The second-order valence-corrected chi connectivity index (χ2v) is 7.28. The van der Waals surface area contributed by atoms with E-state index in [1.165, 1.54) is 29.7 Å². The highest BCUT2D eigenvalue weighted by molar-refractivity contribution is 7.89. The van der Waals surface area contributed by atoms with E-state index in [2.05, 4.69) is 0 Å². The van der Waals surface area contributed by atoms with Crippen LogP contribution in [0.15, 0.2) is 29.2 Å². The molecule has 0 fully saturated rings. The molecule has 0 saturated carbocycles. The zero-order chi connectivity index (χ0) is 20.5. The van der Waals surface area contributed by atoms with Crippen LogP contribution in [0.3, 0.4) is 0 Å². The monoisotopic (exact) mass is 410 g/mol. The average Bonchev–Trinajstić information content (AvgIpc) is 2.64. The Morgan fingerprint density at radius 3 is 1.85 bits per heavy atom. The maximum absolute atomic E-state index is 13.8. The van der Waals surface area contributed by atoms with Crippen LogP contribution in [0.2, 0.25) is 0 Å². The third-order valence-corrected chi connectivity index (χ3v) is 5.38. The molecule has 2 rings (SSSR count). The van der Waals surface area contributed by atoms with Gasteiger partial charge >= 0.3 is 0 Å². The summed E-state index contributed by atoms with van der Waals surface area (Å²) < 4.78 is 92.2. The van der Waals surface area contributed by atoms with Gasteiger partial charge in [-0.05, 0) is 17.7 Å². The summed E-state index contributed by atoms with van der Waals surface area (Å²) in [7, 11) is -4.20. The number of hydrogen-bond acceptors (Lipinski definition) is 4. The second kappa shape index (κ2) is 7.58. The Morgan fingerprint density at radius 1 is 0.963 bits per heavy atom. The van der Waals surface area contributed by atoms with Gasteiger partial charge in [0, 0.05) is 19.2 Å². The number of amides is 1. The number of nitrogens with zero attached hydrogens (tertiary/aromatic N) is 1. The highest BCUT2D eigenvalue weighted by Gasteiger charge is 2.35. The van der Waals surface area contributed by atoms with E-state index in [-0.39, 0.29) is 11.1 Å². The fourth-order valence-corrected chi connectivity index (χ4v) is 3.40. The van der Waals surface area contributed by atoms with Crippen molar-refractivity contribution in [2.24, 2.45) is 0 Å². The molecule has 0 aromatic heterocycles. The summed E-state index contributed by atoms with van der Waals surface area (Å²) in [5, 5.41) is 8.51. The number of benzene rings is 2. The maximum Gasteiger partial charge on any atom is 0.274 e. The van der Waals surface area contributed by atoms with E-state index >= 15 is 0 Å². The minimum atomic E-state index is -5.07. The van der Waals surface area contributed by atoms with Crippen molar-refractivity contribution in [3.8, 4) is 0 Å². The molecule has 2 aromatic rings. The van der Waals surface area contributed by atoms with Crippen molar-refractivity contribution in [1.29, 1.82) is 0 Å². The van der Waals surface area contributed by atoms with Gasteiger partial charge in [-0.25, -0.2) is 35.8 Å². The van der Waals surface area contributed by atoms with Crippen molar-refractivity contribution in [3.63, 3.8) is 0 Å². The van der Waals surface area contributed by atoms with Crippen molar-refractivity contribution in [2.75, 3.05) is 7.05 Å². The van der Waals surface area contributed by atoms with Crippen molar-refractivity contribution < 1.29 is 40.4 Å². The zero-order valence-electron chi connectivity index (χ0n) is 13.4. The van der Waals surface area contributed by atoms with Crippen molar-refractivity contribution in [1.82, 2.24) is 9.79 Å². The highest BCUT2D eigenvalue weighted by atomic mass is 32.2. The lowest BCUT2D eigenvalue weighted by Gasteiger charge is -2.18. The lowest BCUT2D eigenvalue weighted by Crippen LogP contribution is -2.29. The third kappa shape index (κ3) is 3.77. The molecule has 2 N–H and O–H groups in total.